The fraction of sp³-hybridized carbons (Fsp3) is 0.429. The smallest absolute Gasteiger partial charge is 0 e. The van der Waals surface area contributed by atoms with Crippen LogP contribution in [0.3, 0.4) is 0 Å². The summed E-state index contributed by atoms with van der Waals surface area (Å²) in [6.07, 6.45) is 9.24. The van der Waals surface area contributed by atoms with E-state index in [-0.39, 0.29) is 22.5 Å². The molecule has 0 aromatic heterocycles. The predicted molar refractivity (Wildman–Crippen MR) is 84.0 cm³/mol. The number of halogens is 6. The van der Waals surface area contributed by atoms with E-state index in [0.717, 1.165) is 0 Å². The van der Waals surface area contributed by atoms with E-state index in [4.69, 9.17) is 14.0 Å². The number of allylic oxidation sites excluding steroid dienone is 4. The van der Waals surface area contributed by atoms with Gasteiger partial charge in [-0.3, -0.25) is 0 Å². The molecule has 0 amide bonds. The summed E-state index contributed by atoms with van der Waals surface area (Å²) in [6.45, 7) is 25.1. The quantitative estimate of drug-likeness (QED) is 0.134. The Hall–Kier alpha value is -0.684. The van der Waals surface area contributed by atoms with Crippen molar-refractivity contribution in [3.05, 3.63) is 49.8 Å². The minimum absolute atomic E-state index is 0. The fourth-order valence-electron chi connectivity index (χ4n) is 1.22. The maximum Gasteiger partial charge on any atom is 0 e. The molecule has 0 spiro atoms. The Balaban J connectivity index is -0.0000000909. The Morgan fingerprint density at radius 3 is 1.12 bits per heavy atom. The van der Waals surface area contributed by atoms with Crippen molar-refractivity contribution >= 4 is 15.9 Å². The molecule has 12 heteroatoms. The van der Waals surface area contributed by atoms with Gasteiger partial charge in [0.05, 0.1) is 5.41 Å². The van der Waals surface area contributed by atoms with Crippen molar-refractivity contribution in [2.75, 3.05) is 0 Å². The second-order valence-corrected chi connectivity index (χ2v) is 13.1. The third-order valence-corrected chi connectivity index (χ3v) is 4.32. The third-order valence-electron chi connectivity index (χ3n) is 2.25. The molecule has 0 unspecified atom stereocenters. The van der Waals surface area contributed by atoms with Crippen LogP contribution in [0.4, 0.5) is 25.2 Å². The largest absolute Gasteiger partial charge is 0 e. The van der Waals surface area contributed by atoms with Gasteiger partial charge in [-0.25, -0.2) is 0 Å². The van der Waals surface area contributed by atoms with Gasteiger partial charge in [0.15, 0.2) is 0 Å². The van der Waals surface area contributed by atoms with E-state index in [1.807, 2.05) is 0 Å². The third kappa shape index (κ3) is 38.7. The molecule has 0 aromatic carbocycles. The van der Waals surface area contributed by atoms with Gasteiger partial charge >= 0.3 is 66.9 Å². The molecule has 0 heterocycles. The molecule has 0 saturated carbocycles. The maximum absolute atomic E-state index is 10.7. The van der Waals surface area contributed by atoms with Gasteiger partial charge in [0.2, 0.25) is 0 Å². The van der Waals surface area contributed by atoms with Crippen LogP contribution in [0.15, 0.2) is 24.3 Å². The zero-order chi connectivity index (χ0) is 21.8. The second-order valence-electron chi connectivity index (χ2n) is 6.15. The minimum atomic E-state index is -10.7. The molecule has 0 aromatic rings. The number of hydrogen-bond acceptors (Lipinski definition) is 0. The van der Waals surface area contributed by atoms with Crippen molar-refractivity contribution in [1.29, 1.82) is 0 Å². The van der Waals surface area contributed by atoms with Crippen LogP contribution in [0.5, 0.6) is 0 Å². The van der Waals surface area contributed by atoms with Gasteiger partial charge in [0, 0.05) is 46.9 Å². The normalized spacial score (nSPS) is 16.4. The van der Waals surface area contributed by atoms with Crippen molar-refractivity contribution in [3.63, 3.8) is 0 Å². The number of hydrogen-bond donors (Lipinski definition) is 0. The van der Waals surface area contributed by atoms with Crippen molar-refractivity contribution in [2.24, 2.45) is 5.41 Å². The van der Waals surface area contributed by atoms with Crippen LogP contribution in [-0.4, -0.2) is 8.07 Å². The SMILES string of the molecule is CC1(C)C=C[C+]([Si](C)(C)C)C=C1.F[P-](F)(F)(F)(F)F.[C-]#[O+].[C-]#[O+].[C-]#[O+].[Fe]. The Bertz CT molecular complexity index is 474. The first-order valence-electron chi connectivity index (χ1n) is 6.20. The van der Waals surface area contributed by atoms with E-state index in [9.17, 15) is 25.2 Å². The monoisotopic (exact) mass is 464 g/mol. The van der Waals surface area contributed by atoms with E-state index in [1.54, 1.807) is 5.54 Å². The molecule has 1 aliphatic carbocycles. The van der Waals surface area contributed by atoms with E-state index < -0.39 is 15.9 Å². The average molecular weight is 464 g/mol. The van der Waals surface area contributed by atoms with Gasteiger partial charge in [0.1, 0.15) is 8.07 Å². The molecule has 0 fully saturated rings. The summed E-state index contributed by atoms with van der Waals surface area (Å²) in [5.74, 6) is 0. The molecule has 26 heavy (non-hydrogen) atoms. The first-order valence-corrected chi connectivity index (χ1v) is 11.7. The van der Waals surface area contributed by atoms with Crippen LogP contribution in [0.1, 0.15) is 13.8 Å². The fourth-order valence-corrected chi connectivity index (χ4v) is 2.39. The standard InChI is InChI=1S/C11H19Si.3CO.F6P.Fe/c1-11(2)8-6-10(7-9-11)12(3,4)5;3*1-2;1-7(2,3,4,5)6;/h6-9H,1-5H3;;;;;/q+1;;;;-1;. The molecule has 0 saturated heterocycles. The van der Waals surface area contributed by atoms with E-state index in [2.05, 4.69) is 77.7 Å². The zero-order valence-electron chi connectivity index (χ0n) is 14.6. The van der Waals surface area contributed by atoms with E-state index in [1.165, 1.54) is 0 Å². The van der Waals surface area contributed by atoms with Crippen LogP contribution in [-0.2, 0) is 31.0 Å². The van der Waals surface area contributed by atoms with Crippen LogP contribution in [0.25, 0.3) is 0 Å². The Labute approximate surface area is 161 Å². The number of rotatable bonds is 1. The molecule has 0 N–H and O–H groups in total. The Kier molecular flexibility index (Phi) is 16.6. The van der Waals surface area contributed by atoms with Crippen LogP contribution in [0.2, 0.25) is 19.6 Å². The zero-order valence-corrected chi connectivity index (χ0v) is 17.6. The maximum atomic E-state index is 9.87. The minimum Gasteiger partial charge on any atom is 0 e. The van der Waals surface area contributed by atoms with Crippen molar-refractivity contribution in [2.45, 2.75) is 33.5 Å². The summed E-state index contributed by atoms with van der Waals surface area (Å²) < 4.78 is 81.7. The predicted octanol–water partition coefficient (Wildman–Crippen LogP) is 6.86. The van der Waals surface area contributed by atoms with Gasteiger partial charge in [-0.2, -0.15) is 0 Å². The molecule has 152 valence electrons. The molecular formula is C14H19F6FeO3PSi. The van der Waals surface area contributed by atoms with Crippen LogP contribution < -0.4 is 0 Å². The van der Waals surface area contributed by atoms with Gasteiger partial charge < -0.3 is 0 Å². The molecule has 0 bridgehead atoms. The average Bonchev–Trinajstić information content (AvgIpc) is 2.40. The molecule has 1 rings (SSSR count). The first-order chi connectivity index (χ1) is 10.8. The second kappa shape index (κ2) is 11.9. The Morgan fingerprint density at radius 1 is 0.769 bits per heavy atom. The molecule has 0 aliphatic heterocycles. The summed E-state index contributed by atoms with van der Waals surface area (Å²) in [7, 11) is -11.7. The van der Waals surface area contributed by atoms with Gasteiger partial charge in [-0.15, -0.1) is 0 Å². The van der Waals surface area contributed by atoms with Gasteiger partial charge in [-0.05, 0) is 13.8 Å². The van der Waals surface area contributed by atoms with E-state index in [0.29, 0.717) is 0 Å². The topological polar surface area (TPSA) is 59.7 Å². The van der Waals surface area contributed by atoms with Crippen molar-refractivity contribution in [3.8, 4) is 0 Å². The molecule has 0 radical (unpaired) electrons. The van der Waals surface area contributed by atoms with Gasteiger partial charge in [-0.1, -0.05) is 19.6 Å². The van der Waals surface area contributed by atoms with Crippen LogP contribution >= 0.6 is 7.81 Å². The van der Waals surface area contributed by atoms with Crippen molar-refractivity contribution < 1.29 is 56.2 Å². The molecular weight excluding hydrogens is 445 g/mol. The van der Waals surface area contributed by atoms with Gasteiger partial charge in [0.25, 0.3) is 0 Å². The van der Waals surface area contributed by atoms with E-state index >= 15 is 0 Å². The molecule has 1 aliphatic rings. The summed E-state index contributed by atoms with van der Waals surface area (Å²) in [5.41, 5.74) is 1.82. The summed E-state index contributed by atoms with van der Waals surface area (Å²) in [6, 6.07) is 0. The Morgan fingerprint density at radius 2 is 0.962 bits per heavy atom. The summed E-state index contributed by atoms with van der Waals surface area (Å²) in [4.78, 5) is 0. The molecule has 0 atom stereocenters. The summed E-state index contributed by atoms with van der Waals surface area (Å²) >= 11 is 0. The van der Waals surface area contributed by atoms with Crippen LogP contribution in [0, 0.1) is 30.9 Å². The summed E-state index contributed by atoms with van der Waals surface area (Å²) in [5, 5.41) is 0. The first kappa shape index (κ1) is 36.3. The van der Waals surface area contributed by atoms with Crippen molar-refractivity contribution in [1.82, 2.24) is 0 Å². The molecule has 3 nitrogen and oxygen atoms in total.